The number of nitrogens with one attached hydrogen (secondary N) is 1. The average Bonchev–Trinajstić information content (AvgIpc) is 2.96. The van der Waals surface area contributed by atoms with Crippen LogP contribution in [0, 0.1) is 0 Å². The van der Waals surface area contributed by atoms with Gasteiger partial charge >= 0.3 is 15.5 Å². The van der Waals surface area contributed by atoms with Crippen LogP contribution in [0.15, 0.2) is 16.7 Å². The molecule has 0 saturated carbocycles. The van der Waals surface area contributed by atoms with E-state index in [1.807, 2.05) is 6.07 Å². The number of sulfonamides is 1. The molecule has 0 radical (unpaired) electrons. The normalized spacial score (nSPS) is 24.6. The molecular weight excluding hydrogens is 333 g/mol. The van der Waals surface area contributed by atoms with Crippen molar-refractivity contribution >= 4 is 10.0 Å². The van der Waals surface area contributed by atoms with Gasteiger partial charge in [0.25, 0.3) is 0 Å². The number of piperidine rings is 1. The third-order valence-electron chi connectivity index (χ3n) is 4.58. The Balaban J connectivity index is 1.59. The summed E-state index contributed by atoms with van der Waals surface area (Å²) in [5.74, 6) is 0.964. The lowest BCUT2D eigenvalue weighted by Gasteiger charge is -2.35. The van der Waals surface area contributed by atoms with Gasteiger partial charge < -0.3 is 9.73 Å². The van der Waals surface area contributed by atoms with Gasteiger partial charge in [0.05, 0.1) is 6.26 Å². The van der Waals surface area contributed by atoms with Crippen LogP contribution in [0.3, 0.4) is 0 Å². The molecule has 9 heteroatoms. The lowest BCUT2D eigenvalue weighted by atomic mass is 9.92. The first-order valence-corrected chi connectivity index (χ1v) is 9.12. The zero-order valence-corrected chi connectivity index (χ0v) is 13.3. The van der Waals surface area contributed by atoms with Gasteiger partial charge in [0, 0.05) is 37.2 Å². The van der Waals surface area contributed by atoms with Crippen molar-refractivity contribution in [1.29, 1.82) is 0 Å². The van der Waals surface area contributed by atoms with Gasteiger partial charge in [0.1, 0.15) is 5.76 Å². The lowest BCUT2D eigenvalue weighted by molar-refractivity contribution is -0.0495. The molecule has 2 heterocycles. The van der Waals surface area contributed by atoms with E-state index < -0.39 is 15.5 Å². The highest BCUT2D eigenvalue weighted by molar-refractivity contribution is 7.90. The van der Waals surface area contributed by atoms with Gasteiger partial charge in [0.2, 0.25) is 0 Å². The van der Waals surface area contributed by atoms with Crippen LogP contribution in [0.4, 0.5) is 13.2 Å². The topological polar surface area (TPSA) is 62.6 Å². The maximum atomic E-state index is 12.6. The molecule has 0 aromatic carbocycles. The van der Waals surface area contributed by atoms with E-state index in [-0.39, 0.29) is 25.2 Å². The molecule has 0 spiro atoms. The van der Waals surface area contributed by atoms with E-state index >= 15 is 0 Å². The molecule has 0 amide bonds. The van der Waals surface area contributed by atoms with Crippen molar-refractivity contribution < 1.29 is 26.0 Å². The van der Waals surface area contributed by atoms with E-state index in [0.717, 1.165) is 30.6 Å². The van der Waals surface area contributed by atoms with E-state index in [2.05, 4.69) is 5.32 Å². The summed E-state index contributed by atoms with van der Waals surface area (Å²) in [5, 5.41) is 3.45. The zero-order chi connectivity index (χ0) is 16.7. The molecule has 1 aliphatic heterocycles. The van der Waals surface area contributed by atoms with Gasteiger partial charge in [-0.2, -0.15) is 17.5 Å². The number of hydrogen-bond acceptors (Lipinski definition) is 4. The zero-order valence-electron chi connectivity index (χ0n) is 12.5. The predicted molar refractivity (Wildman–Crippen MR) is 77.1 cm³/mol. The maximum Gasteiger partial charge on any atom is 0.511 e. The van der Waals surface area contributed by atoms with Crippen molar-refractivity contribution in [3.63, 3.8) is 0 Å². The minimum atomic E-state index is -5.22. The van der Waals surface area contributed by atoms with E-state index in [0.29, 0.717) is 17.1 Å². The van der Waals surface area contributed by atoms with E-state index in [4.69, 9.17) is 4.42 Å². The molecule has 130 valence electrons. The second kappa shape index (κ2) is 6.10. The van der Waals surface area contributed by atoms with Crippen LogP contribution in [-0.2, 0) is 16.4 Å². The summed E-state index contributed by atoms with van der Waals surface area (Å²) >= 11 is 0. The number of rotatable bonds is 3. The first-order chi connectivity index (χ1) is 10.8. The van der Waals surface area contributed by atoms with Gasteiger partial charge in [-0.25, -0.2) is 8.42 Å². The highest BCUT2D eigenvalue weighted by Gasteiger charge is 2.50. The van der Waals surface area contributed by atoms with Crippen LogP contribution < -0.4 is 5.32 Å². The SMILES string of the molecule is O=S(=O)(N1CCC(NC2CCCc3occc32)CC1)C(F)(F)F. The number of alkyl halides is 3. The van der Waals surface area contributed by atoms with Gasteiger partial charge in [-0.15, -0.1) is 0 Å². The average molecular weight is 352 g/mol. The van der Waals surface area contributed by atoms with Crippen molar-refractivity contribution in [3.05, 3.63) is 23.7 Å². The highest BCUT2D eigenvalue weighted by Crippen LogP contribution is 2.33. The molecule has 23 heavy (non-hydrogen) atoms. The monoisotopic (exact) mass is 352 g/mol. The Kier molecular flexibility index (Phi) is 4.45. The molecule has 1 unspecified atom stereocenters. The number of hydrogen-bond donors (Lipinski definition) is 1. The van der Waals surface area contributed by atoms with Crippen LogP contribution in [0.1, 0.15) is 43.0 Å². The molecular formula is C14H19F3N2O3S. The van der Waals surface area contributed by atoms with Crippen molar-refractivity contribution in [2.45, 2.75) is 49.7 Å². The Morgan fingerprint density at radius 2 is 1.91 bits per heavy atom. The van der Waals surface area contributed by atoms with Gasteiger partial charge in [-0.1, -0.05) is 0 Å². The fourth-order valence-electron chi connectivity index (χ4n) is 3.35. The van der Waals surface area contributed by atoms with Gasteiger partial charge in [0.15, 0.2) is 0 Å². The molecule has 2 aliphatic rings. The minimum absolute atomic E-state index is 0.0144. The highest BCUT2D eigenvalue weighted by atomic mass is 32.2. The number of fused-ring (bicyclic) bond motifs is 1. The van der Waals surface area contributed by atoms with E-state index in [9.17, 15) is 21.6 Å². The molecule has 1 atom stereocenters. The summed E-state index contributed by atoms with van der Waals surface area (Å²) in [6.45, 7) is -0.213. The molecule has 1 aliphatic carbocycles. The lowest BCUT2D eigenvalue weighted by Crippen LogP contribution is -2.49. The second-order valence-corrected chi connectivity index (χ2v) is 7.96. The number of aryl methyl sites for hydroxylation is 1. The molecule has 5 nitrogen and oxygen atoms in total. The fraction of sp³-hybridized carbons (Fsp3) is 0.714. The van der Waals surface area contributed by atoms with Crippen LogP contribution >= 0.6 is 0 Å². The van der Waals surface area contributed by atoms with Crippen LogP contribution in [0.5, 0.6) is 0 Å². The van der Waals surface area contributed by atoms with E-state index in [1.54, 1.807) is 6.26 Å². The molecule has 1 fully saturated rings. The Morgan fingerprint density at radius 3 is 2.57 bits per heavy atom. The first-order valence-electron chi connectivity index (χ1n) is 7.68. The standard InChI is InChI=1S/C14H19F3N2O3S/c15-14(16,17)23(20,21)19-7-4-10(5-8-19)18-12-2-1-3-13-11(12)6-9-22-13/h6,9-10,12,18H,1-5,7-8H2. The van der Waals surface area contributed by atoms with Gasteiger partial charge in [-0.3, -0.25) is 0 Å². The Bertz CT molecular complexity index is 648. The molecule has 1 N–H and O–H groups in total. The third kappa shape index (κ3) is 3.27. The quantitative estimate of drug-likeness (QED) is 0.908. The van der Waals surface area contributed by atoms with Crippen molar-refractivity contribution in [2.75, 3.05) is 13.1 Å². The summed E-state index contributed by atoms with van der Waals surface area (Å²) in [4.78, 5) is 0. The molecule has 1 aromatic heterocycles. The molecule has 1 aromatic rings. The predicted octanol–water partition coefficient (Wildman–Crippen LogP) is 2.56. The summed E-state index contributed by atoms with van der Waals surface area (Å²) < 4.78 is 66.4. The van der Waals surface area contributed by atoms with E-state index in [1.165, 1.54) is 0 Å². The van der Waals surface area contributed by atoms with Crippen LogP contribution in [-0.4, -0.2) is 37.4 Å². The smallest absolute Gasteiger partial charge is 0.469 e. The van der Waals surface area contributed by atoms with Crippen molar-refractivity contribution in [2.24, 2.45) is 0 Å². The minimum Gasteiger partial charge on any atom is -0.469 e. The fourth-order valence-corrected chi connectivity index (χ4v) is 4.34. The Morgan fingerprint density at radius 1 is 1.22 bits per heavy atom. The largest absolute Gasteiger partial charge is 0.511 e. The third-order valence-corrected chi connectivity index (χ3v) is 6.21. The Labute approximate surface area is 132 Å². The number of nitrogens with zero attached hydrogens (tertiary/aromatic N) is 1. The van der Waals surface area contributed by atoms with Crippen molar-refractivity contribution in [3.8, 4) is 0 Å². The summed E-state index contributed by atoms with van der Waals surface area (Å²) in [7, 11) is -5.21. The van der Waals surface area contributed by atoms with Crippen LogP contribution in [0.2, 0.25) is 0 Å². The Hall–Kier alpha value is -1.06. The van der Waals surface area contributed by atoms with Gasteiger partial charge in [-0.05, 0) is 31.7 Å². The molecule has 0 bridgehead atoms. The summed E-state index contributed by atoms with van der Waals surface area (Å²) in [6.07, 6.45) is 5.26. The maximum absolute atomic E-state index is 12.6. The number of furan rings is 1. The van der Waals surface area contributed by atoms with Crippen LogP contribution in [0.25, 0.3) is 0 Å². The van der Waals surface area contributed by atoms with Crippen molar-refractivity contribution in [1.82, 2.24) is 9.62 Å². The molecule has 3 rings (SSSR count). The summed E-state index contributed by atoms with van der Waals surface area (Å²) in [5.41, 5.74) is -4.11. The summed E-state index contributed by atoms with van der Waals surface area (Å²) in [6, 6.07) is 2.07. The second-order valence-electron chi connectivity index (χ2n) is 6.03. The molecule has 1 saturated heterocycles. The first kappa shape index (κ1) is 16.8. The number of halogens is 3.